The number of halogens is 1. The van der Waals surface area contributed by atoms with Gasteiger partial charge in [-0.05, 0) is 36.5 Å². The van der Waals surface area contributed by atoms with Crippen LogP contribution in [0, 0.1) is 5.92 Å². The first-order valence-electron chi connectivity index (χ1n) is 9.28. The molecule has 146 valence electrons. The van der Waals surface area contributed by atoms with Gasteiger partial charge in [-0.3, -0.25) is 9.67 Å². The molecule has 1 unspecified atom stereocenters. The van der Waals surface area contributed by atoms with Gasteiger partial charge in [0.1, 0.15) is 5.75 Å². The monoisotopic (exact) mass is 399 g/mol. The van der Waals surface area contributed by atoms with E-state index in [9.17, 15) is 5.11 Å². The number of aromatic nitrogens is 4. The fourth-order valence-corrected chi connectivity index (χ4v) is 3.73. The number of ether oxygens (including phenoxy) is 1. The lowest BCUT2D eigenvalue weighted by atomic mass is 10.1. The smallest absolute Gasteiger partial charge is 0.237 e. The summed E-state index contributed by atoms with van der Waals surface area (Å²) in [6, 6.07) is 7.89. The predicted molar refractivity (Wildman–Crippen MR) is 105 cm³/mol. The molecule has 1 aliphatic carbocycles. The average molecular weight is 400 g/mol. The van der Waals surface area contributed by atoms with Crippen molar-refractivity contribution in [3.8, 4) is 11.6 Å². The number of aliphatic hydroxyl groups excluding tert-OH is 1. The number of nitrogens with one attached hydrogen (secondary N) is 1. The first kappa shape index (κ1) is 18.9. The molecule has 1 fully saturated rings. The second kappa shape index (κ2) is 8.68. The molecule has 0 radical (unpaired) electrons. The summed E-state index contributed by atoms with van der Waals surface area (Å²) in [7, 11) is 0. The van der Waals surface area contributed by atoms with Crippen LogP contribution in [0.25, 0.3) is 0 Å². The molecule has 0 spiro atoms. The predicted octanol–water partition coefficient (Wildman–Crippen LogP) is 3.05. The lowest BCUT2D eigenvalue weighted by molar-refractivity contribution is 0.145. The molecule has 0 amide bonds. The zero-order chi connectivity index (χ0) is 19.3. The normalized spacial score (nSPS) is 21.7. The number of aliphatic hydroxyl groups is 1. The highest BCUT2D eigenvalue weighted by molar-refractivity contribution is 6.30. The lowest BCUT2D eigenvalue weighted by Gasteiger charge is -2.16. The third kappa shape index (κ3) is 4.86. The van der Waals surface area contributed by atoms with Gasteiger partial charge < -0.3 is 15.2 Å². The number of hydrogen-bond donors (Lipinski definition) is 2. The second-order valence-corrected chi connectivity index (χ2v) is 7.50. The summed E-state index contributed by atoms with van der Waals surface area (Å²) in [6.07, 6.45) is 9.55. The van der Waals surface area contributed by atoms with Crippen molar-refractivity contribution in [3.63, 3.8) is 0 Å². The standard InChI is InChI=1S/C20H22ClN5O2/c21-16-10-25-26(13-16)12-15-7-18(19(27)8-15)24-9-14-1-3-17(4-2-14)28-20-11-22-5-6-23-20/h1-6,10-11,13,15,18-19,24,27H,7-9,12H2/t15?,18-,19-/m1/s1. The topological polar surface area (TPSA) is 85.1 Å². The molecule has 1 saturated carbocycles. The summed E-state index contributed by atoms with van der Waals surface area (Å²) in [6.45, 7) is 1.46. The number of nitrogens with zero attached hydrogens (tertiary/aromatic N) is 4. The molecular formula is C20H22ClN5O2. The van der Waals surface area contributed by atoms with Crippen molar-refractivity contribution < 1.29 is 9.84 Å². The van der Waals surface area contributed by atoms with Crippen LogP contribution in [0.2, 0.25) is 5.02 Å². The van der Waals surface area contributed by atoms with Gasteiger partial charge in [-0.25, -0.2) is 4.98 Å². The van der Waals surface area contributed by atoms with Crippen molar-refractivity contribution in [2.45, 2.75) is 38.1 Å². The molecule has 2 N–H and O–H groups in total. The number of rotatable bonds is 7. The highest BCUT2D eigenvalue weighted by Crippen LogP contribution is 2.28. The SMILES string of the molecule is O[C@@H]1CC(Cn2cc(Cl)cn2)C[C@H]1NCc1ccc(Oc2cnccn2)cc1. The molecular weight excluding hydrogens is 378 g/mol. The van der Waals surface area contributed by atoms with E-state index >= 15 is 0 Å². The Hall–Kier alpha value is -2.48. The third-order valence-electron chi connectivity index (χ3n) is 4.93. The minimum atomic E-state index is -0.352. The molecule has 7 nitrogen and oxygen atoms in total. The summed E-state index contributed by atoms with van der Waals surface area (Å²) < 4.78 is 7.49. The van der Waals surface area contributed by atoms with Gasteiger partial charge in [-0.15, -0.1) is 0 Å². The molecule has 2 heterocycles. The van der Waals surface area contributed by atoms with Crippen LogP contribution in [-0.2, 0) is 13.1 Å². The zero-order valence-corrected chi connectivity index (χ0v) is 16.0. The molecule has 3 aromatic rings. The summed E-state index contributed by atoms with van der Waals surface area (Å²) in [5, 5.41) is 18.7. The van der Waals surface area contributed by atoms with Gasteiger partial charge in [0, 0.05) is 37.7 Å². The van der Waals surface area contributed by atoms with Crippen molar-refractivity contribution in [1.82, 2.24) is 25.1 Å². The van der Waals surface area contributed by atoms with E-state index in [1.165, 1.54) is 0 Å². The van der Waals surface area contributed by atoms with Crippen LogP contribution in [0.1, 0.15) is 18.4 Å². The molecule has 28 heavy (non-hydrogen) atoms. The van der Waals surface area contributed by atoms with Crippen LogP contribution in [-0.4, -0.2) is 37.0 Å². The van der Waals surface area contributed by atoms with Crippen molar-refractivity contribution >= 4 is 11.6 Å². The minimum absolute atomic E-state index is 0.0755. The van der Waals surface area contributed by atoms with Crippen LogP contribution in [0.3, 0.4) is 0 Å². The fourth-order valence-electron chi connectivity index (χ4n) is 3.57. The molecule has 1 aromatic carbocycles. The van der Waals surface area contributed by atoms with E-state index in [1.807, 2.05) is 35.1 Å². The Balaban J connectivity index is 1.27. The second-order valence-electron chi connectivity index (χ2n) is 7.06. The molecule has 8 heteroatoms. The van der Waals surface area contributed by atoms with Crippen molar-refractivity contribution in [1.29, 1.82) is 0 Å². The van der Waals surface area contributed by atoms with Crippen LogP contribution >= 0.6 is 11.6 Å². The Morgan fingerprint density at radius 3 is 2.75 bits per heavy atom. The van der Waals surface area contributed by atoms with Gasteiger partial charge in [0.05, 0.1) is 23.5 Å². The Morgan fingerprint density at radius 1 is 1.18 bits per heavy atom. The summed E-state index contributed by atoms with van der Waals surface area (Å²) in [5.74, 6) is 1.56. The quantitative estimate of drug-likeness (QED) is 0.635. The Morgan fingerprint density at radius 2 is 2.04 bits per heavy atom. The van der Waals surface area contributed by atoms with Crippen molar-refractivity contribution in [3.05, 3.63) is 65.8 Å². The first-order chi connectivity index (χ1) is 13.7. The molecule has 1 aliphatic rings. The lowest BCUT2D eigenvalue weighted by Crippen LogP contribution is -2.35. The molecule has 0 saturated heterocycles. The van der Waals surface area contributed by atoms with Gasteiger partial charge in [0.2, 0.25) is 5.88 Å². The fraction of sp³-hybridized carbons (Fsp3) is 0.350. The zero-order valence-electron chi connectivity index (χ0n) is 15.3. The summed E-state index contributed by atoms with van der Waals surface area (Å²) >= 11 is 5.92. The Labute approximate surface area is 168 Å². The van der Waals surface area contributed by atoms with Gasteiger partial charge in [-0.1, -0.05) is 23.7 Å². The van der Waals surface area contributed by atoms with E-state index in [0.29, 0.717) is 29.1 Å². The summed E-state index contributed by atoms with van der Waals surface area (Å²) in [5.41, 5.74) is 1.13. The average Bonchev–Trinajstić information content (AvgIpc) is 3.27. The van der Waals surface area contributed by atoms with Gasteiger partial charge in [0.15, 0.2) is 0 Å². The maximum Gasteiger partial charge on any atom is 0.237 e. The number of hydrogen-bond acceptors (Lipinski definition) is 6. The van der Waals surface area contributed by atoms with E-state index in [1.54, 1.807) is 24.8 Å². The van der Waals surface area contributed by atoms with E-state index in [4.69, 9.17) is 16.3 Å². The third-order valence-corrected chi connectivity index (χ3v) is 5.12. The van der Waals surface area contributed by atoms with Crippen molar-refractivity contribution in [2.24, 2.45) is 5.92 Å². The van der Waals surface area contributed by atoms with Gasteiger partial charge >= 0.3 is 0 Å². The van der Waals surface area contributed by atoms with Crippen LogP contribution < -0.4 is 10.1 Å². The number of benzene rings is 1. The Kier molecular flexibility index (Phi) is 5.85. The van der Waals surface area contributed by atoms with Crippen LogP contribution in [0.4, 0.5) is 0 Å². The maximum absolute atomic E-state index is 10.4. The maximum atomic E-state index is 10.4. The van der Waals surface area contributed by atoms with E-state index < -0.39 is 0 Å². The molecule has 2 aromatic heterocycles. The van der Waals surface area contributed by atoms with Crippen molar-refractivity contribution in [2.75, 3.05) is 0 Å². The van der Waals surface area contributed by atoms with Crippen LogP contribution in [0.5, 0.6) is 11.6 Å². The summed E-state index contributed by atoms with van der Waals surface area (Å²) in [4.78, 5) is 8.07. The minimum Gasteiger partial charge on any atom is -0.438 e. The molecule has 4 rings (SSSR count). The van der Waals surface area contributed by atoms with E-state index in [0.717, 1.165) is 24.9 Å². The van der Waals surface area contributed by atoms with Crippen LogP contribution in [0.15, 0.2) is 55.2 Å². The molecule has 3 atom stereocenters. The van der Waals surface area contributed by atoms with E-state index in [-0.39, 0.29) is 12.1 Å². The van der Waals surface area contributed by atoms with Gasteiger partial charge in [-0.2, -0.15) is 5.10 Å². The largest absolute Gasteiger partial charge is 0.438 e. The van der Waals surface area contributed by atoms with Gasteiger partial charge in [0.25, 0.3) is 0 Å². The first-order valence-corrected chi connectivity index (χ1v) is 9.66. The Bertz CT molecular complexity index is 887. The highest BCUT2D eigenvalue weighted by atomic mass is 35.5. The van der Waals surface area contributed by atoms with E-state index in [2.05, 4.69) is 20.4 Å². The highest BCUT2D eigenvalue weighted by Gasteiger charge is 2.32. The molecule has 0 bridgehead atoms. The molecule has 0 aliphatic heterocycles.